The highest BCUT2D eigenvalue weighted by atomic mass is 16.5. The zero-order valence-electron chi connectivity index (χ0n) is 16.0. The minimum atomic E-state index is -0.692. The molecule has 0 bridgehead atoms. The fraction of sp³-hybridized carbons (Fsp3) is 0.368. The van der Waals surface area contributed by atoms with Gasteiger partial charge in [-0.25, -0.2) is 4.79 Å². The highest BCUT2D eigenvalue weighted by Crippen LogP contribution is 2.18. The van der Waals surface area contributed by atoms with Gasteiger partial charge >= 0.3 is 12.0 Å². The molecule has 0 aliphatic rings. The van der Waals surface area contributed by atoms with E-state index in [0.717, 1.165) is 11.3 Å². The van der Waals surface area contributed by atoms with Gasteiger partial charge in [0, 0.05) is 6.54 Å². The number of carbonyl (C=O) groups excluding carboxylic acids is 3. The van der Waals surface area contributed by atoms with Crippen molar-refractivity contribution in [3.63, 3.8) is 0 Å². The summed E-state index contributed by atoms with van der Waals surface area (Å²) < 4.78 is 15.6. The molecule has 2 aromatic rings. The van der Waals surface area contributed by atoms with Crippen molar-refractivity contribution in [1.29, 1.82) is 0 Å². The molecule has 0 radical (unpaired) electrons. The highest BCUT2D eigenvalue weighted by Gasteiger charge is 2.12. The number of carbonyl (C=O) groups is 3. The SMILES string of the molecule is CCNC(=O)NC(=O)COC(=O)Cc1ccc(OCc2c(C)noc2C)cc1. The number of hydrogen-bond donors (Lipinski definition) is 2. The Morgan fingerprint density at radius 2 is 1.86 bits per heavy atom. The van der Waals surface area contributed by atoms with Crippen LogP contribution in [0.2, 0.25) is 0 Å². The average Bonchev–Trinajstić information content (AvgIpc) is 2.97. The molecule has 0 unspecified atom stereocenters. The Kier molecular flexibility index (Phi) is 7.55. The molecule has 0 saturated heterocycles. The molecule has 1 aromatic heterocycles. The minimum absolute atomic E-state index is 0.00141. The second-order valence-corrected chi connectivity index (χ2v) is 5.98. The third-order valence-corrected chi connectivity index (χ3v) is 3.79. The van der Waals surface area contributed by atoms with Crippen LogP contribution in [0.15, 0.2) is 28.8 Å². The van der Waals surface area contributed by atoms with E-state index in [0.29, 0.717) is 30.2 Å². The zero-order valence-corrected chi connectivity index (χ0v) is 16.0. The second kappa shape index (κ2) is 10.1. The van der Waals surface area contributed by atoms with Gasteiger partial charge in [-0.3, -0.25) is 14.9 Å². The van der Waals surface area contributed by atoms with Gasteiger partial charge < -0.3 is 19.3 Å². The van der Waals surface area contributed by atoms with Gasteiger partial charge in [0.25, 0.3) is 5.91 Å². The van der Waals surface area contributed by atoms with Crippen LogP contribution in [0, 0.1) is 13.8 Å². The van der Waals surface area contributed by atoms with Crippen molar-refractivity contribution >= 4 is 17.9 Å². The molecule has 150 valence electrons. The standard InChI is InChI=1S/C19H23N3O6/c1-4-20-19(25)21-17(23)11-27-18(24)9-14-5-7-15(8-6-14)26-10-16-12(2)22-28-13(16)3/h5-8H,4,9-11H2,1-3H3,(H2,20,21,23,25). The van der Waals surface area contributed by atoms with Gasteiger partial charge in [-0.05, 0) is 38.5 Å². The predicted octanol–water partition coefficient (Wildman–Crippen LogP) is 1.80. The fourth-order valence-electron chi connectivity index (χ4n) is 2.30. The van der Waals surface area contributed by atoms with Crippen molar-refractivity contribution in [1.82, 2.24) is 15.8 Å². The van der Waals surface area contributed by atoms with Gasteiger partial charge in [0.15, 0.2) is 6.61 Å². The van der Waals surface area contributed by atoms with Crippen molar-refractivity contribution in [2.24, 2.45) is 0 Å². The van der Waals surface area contributed by atoms with E-state index in [-0.39, 0.29) is 6.42 Å². The van der Waals surface area contributed by atoms with Gasteiger partial charge in [0.05, 0.1) is 17.7 Å². The number of nitrogens with zero attached hydrogens (tertiary/aromatic N) is 1. The molecule has 0 aliphatic carbocycles. The monoisotopic (exact) mass is 389 g/mol. The lowest BCUT2D eigenvalue weighted by Crippen LogP contribution is -2.41. The molecule has 28 heavy (non-hydrogen) atoms. The Balaban J connectivity index is 1.76. The average molecular weight is 389 g/mol. The van der Waals surface area contributed by atoms with E-state index >= 15 is 0 Å². The molecule has 0 saturated carbocycles. The van der Waals surface area contributed by atoms with E-state index < -0.39 is 24.5 Å². The quantitative estimate of drug-likeness (QED) is 0.661. The van der Waals surface area contributed by atoms with Gasteiger partial charge in [-0.15, -0.1) is 0 Å². The number of amides is 3. The molecular weight excluding hydrogens is 366 g/mol. The number of rotatable bonds is 8. The number of nitrogens with one attached hydrogen (secondary N) is 2. The van der Waals surface area contributed by atoms with Crippen LogP contribution in [-0.2, 0) is 27.4 Å². The number of aryl methyl sites for hydroxylation is 2. The molecule has 0 spiro atoms. The van der Waals surface area contributed by atoms with E-state index in [1.165, 1.54) is 0 Å². The van der Waals surface area contributed by atoms with Crippen LogP contribution in [0.1, 0.15) is 29.5 Å². The lowest BCUT2D eigenvalue weighted by Gasteiger charge is -2.08. The molecule has 3 amide bonds. The number of imide groups is 1. The topological polar surface area (TPSA) is 120 Å². The summed E-state index contributed by atoms with van der Waals surface area (Å²) in [4.78, 5) is 34.5. The predicted molar refractivity (Wildman–Crippen MR) is 98.6 cm³/mol. The van der Waals surface area contributed by atoms with Crippen LogP contribution in [0.5, 0.6) is 5.75 Å². The Morgan fingerprint density at radius 3 is 2.46 bits per heavy atom. The molecule has 2 N–H and O–H groups in total. The van der Waals surface area contributed by atoms with Crippen LogP contribution in [0.4, 0.5) is 4.79 Å². The Hall–Kier alpha value is -3.36. The van der Waals surface area contributed by atoms with Crippen LogP contribution >= 0.6 is 0 Å². The zero-order chi connectivity index (χ0) is 20.5. The Morgan fingerprint density at radius 1 is 1.14 bits per heavy atom. The van der Waals surface area contributed by atoms with Crippen molar-refractivity contribution in [3.05, 3.63) is 46.8 Å². The Bertz CT molecular complexity index is 809. The fourth-order valence-corrected chi connectivity index (χ4v) is 2.30. The number of urea groups is 1. The lowest BCUT2D eigenvalue weighted by atomic mass is 10.1. The second-order valence-electron chi connectivity index (χ2n) is 5.98. The van der Waals surface area contributed by atoms with Crippen LogP contribution in [-0.4, -0.2) is 36.2 Å². The van der Waals surface area contributed by atoms with Gasteiger partial charge in [0.1, 0.15) is 18.1 Å². The first-order chi connectivity index (χ1) is 13.4. The molecule has 9 heteroatoms. The smallest absolute Gasteiger partial charge is 0.321 e. The van der Waals surface area contributed by atoms with Gasteiger partial charge in [0.2, 0.25) is 0 Å². The molecule has 0 fully saturated rings. The molecule has 1 heterocycles. The first-order valence-electron chi connectivity index (χ1n) is 8.75. The summed E-state index contributed by atoms with van der Waals surface area (Å²) in [7, 11) is 0. The van der Waals surface area contributed by atoms with Gasteiger partial charge in [-0.2, -0.15) is 0 Å². The molecular formula is C19H23N3O6. The first kappa shape index (κ1) is 20.9. The van der Waals surface area contributed by atoms with Crippen molar-refractivity contribution < 1.29 is 28.4 Å². The summed E-state index contributed by atoms with van der Waals surface area (Å²) >= 11 is 0. The number of esters is 1. The molecule has 0 atom stereocenters. The van der Waals surface area contributed by atoms with E-state index in [4.69, 9.17) is 14.0 Å². The third kappa shape index (κ3) is 6.42. The Labute approximate surface area is 162 Å². The number of aromatic nitrogens is 1. The summed E-state index contributed by atoms with van der Waals surface area (Å²) in [5.74, 6) is 0.0873. The van der Waals surface area contributed by atoms with Gasteiger partial charge in [-0.1, -0.05) is 17.3 Å². The van der Waals surface area contributed by atoms with Crippen molar-refractivity contribution in [3.8, 4) is 5.75 Å². The van der Waals surface area contributed by atoms with Crippen molar-refractivity contribution in [2.75, 3.05) is 13.2 Å². The highest BCUT2D eigenvalue weighted by molar-refractivity contribution is 5.95. The maximum absolute atomic E-state index is 11.8. The van der Waals surface area contributed by atoms with Crippen molar-refractivity contribution in [2.45, 2.75) is 33.8 Å². The summed E-state index contributed by atoms with van der Waals surface area (Å²) in [6, 6.07) is 6.32. The van der Waals surface area contributed by atoms with Crippen LogP contribution in [0.25, 0.3) is 0 Å². The third-order valence-electron chi connectivity index (χ3n) is 3.79. The van der Waals surface area contributed by atoms with E-state index in [9.17, 15) is 14.4 Å². The maximum atomic E-state index is 11.8. The minimum Gasteiger partial charge on any atom is -0.489 e. The summed E-state index contributed by atoms with van der Waals surface area (Å²) in [6.45, 7) is 5.59. The van der Waals surface area contributed by atoms with E-state index in [1.54, 1.807) is 31.2 Å². The maximum Gasteiger partial charge on any atom is 0.321 e. The van der Waals surface area contributed by atoms with Crippen LogP contribution in [0.3, 0.4) is 0 Å². The number of hydrogen-bond acceptors (Lipinski definition) is 7. The summed E-state index contributed by atoms with van der Waals surface area (Å²) in [5.41, 5.74) is 2.39. The van der Waals surface area contributed by atoms with E-state index in [1.807, 2.05) is 19.2 Å². The lowest BCUT2D eigenvalue weighted by molar-refractivity contribution is -0.147. The van der Waals surface area contributed by atoms with E-state index in [2.05, 4.69) is 10.5 Å². The number of benzene rings is 1. The largest absolute Gasteiger partial charge is 0.489 e. The normalized spacial score (nSPS) is 10.2. The summed E-state index contributed by atoms with van der Waals surface area (Å²) in [5, 5.41) is 8.32. The molecule has 0 aliphatic heterocycles. The molecule has 2 rings (SSSR count). The number of ether oxygens (including phenoxy) is 2. The van der Waals surface area contributed by atoms with Crippen LogP contribution < -0.4 is 15.4 Å². The molecule has 1 aromatic carbocycles. The first-order valence-corrected chi connectivity index (χ1v) is 8.75. The summed E-state index contributed by atoms with van der Waals surface area (Å²) in [6.07, 6.45) is -0.00141. The molecule has 9 nitrogen and oxygen atoms in total.